The monoisotopic (exact) mass is 417 g/mol. The van der Waals surface area contributed by atoms with Crippen LogP contribution in [0.5, 0.6) is 5.75 Å². The number of amides is 1. The first-order valence-electron chi connectivity index (χ1n) is 10.6. The minimum Gasteiger partial charge on any atom is -0.497 e. The normalized spacial score (nSPS) is 13.5. The van der Waals surface area contributed by atoms with Crippen LogP contribution in [0.4, 0.5) is 0 Å². The van der Waals surface area contributed by atoms with Crippen molar-refractivity contribution < 1.29 is 14.3 Å². The van der Waals surface area contributed by atoms with Gasteiger partial charge in [0.25, 0.3) is 0 Å². The largest absolute Gasteiger partial charge is 0.497 e. The number of Topliss-reactive ketones (excluding diaryl/α,β-unsaturated/α-hetero) is 1. The fraction of sp³-hybridized carbons (Fsp3) is 0.320. The van der Waals surface area contributed by atoms with Crippen molar-refractivity contribution in [3.05, 3.63) is 82.9 Å². The smallest absolute Gasteiger partial charge is 0.221 e. The van der Waals surface area contributed by atoms with Gasteiger partial charge in [-0.25, -0.2) is 4.98 Å². The van der Waals surface area contributed by atoms with E-state index in [-0.39, 0.29) is 24.5 Å². The molecule has 0 unspecified atom stereocenters. The lowest BCUT2D eigenvalue weighted by molar-refractivity contribution is -0.121. The van der Waals surface area contributed by atoms with E-state index in [1.165, 1.54) is 11.1 Å². The number of fused-ring (bicyclic) bond motifs is 1. The molecule has 4 rings (SSSR count). The van der Waals surface area contributed by atoms with Crippen LogP contribution in [0.15, 0.2) is 54.9 Å². The molecular formula is C25H27N3O3. The van der Waals surface area contributed by atoms with Crippen LogP contribution in [0.3, 0.4) is 0 Å². The number of nitrogens with zero attached hydrogens (tertiary/aromatic N) is 2. The van der Waals surface area contributed by atoms with Crippen molar-refractivity contribution in [1.29, 1.82) is 0 Å². The third-order valence-corrected chi connectivity index (χ3v) is 5.85. The number of ether oxygens (including phenoxy) is 1. The standard InChI is InChI=1S/C25H27N3O3/c1-28-14-13-26-25(28)24(20-7-4-8-21(16-20)31-2)27-23(30)12-11-22(29)19-10-9-17-5-3-6-18(17)15-19/h4,7-10,13-16,24H,3,5-6,11-12H2,1-2H3,(H,27,30)/t24-/m1/s1. The van der Waals surface area contributed by atoms with Crippen LogP contribution in [-0.4, -0.2) is 28.4 Å². The van der Waals surface area contributed by atoms with Gasteiger partial charge in [-0.2, -0.15) is 0 Å². The van der Waals surface area contributed by atoms with Gasteiger partial charge < -0.3 is 14.6 Å². The summed E-state index contributed by atoms with van der Waals surface area (Å²) in [5, 5.41) is 3.05. The maximum absolute atomic E-state index is 12.8. The highest BCUT2D eigenvalue weighted by Crippen LogP contribution is 2.25. The van der Waals surface area contributed by atoms with Gasteiger partial charge in [0, 0.05) is 37.8 Å². The predicted octanol–water partition coefficient (Wildman–Crippen LogP) is 3.79. The molecule has 1 aliphatic carbocycles. The second-order valence-electron chi connectivity index (χ2n) is 7.93. The molecule has 0 aliphatic heterocycles. The highest BCUT2D eigenvalue weighted by atomic mass is 16.5. The van der Waals surface area contributed by atoms with E-state index in [2.05, 4.69) is 16.4 Å². The molecule has 0 fully saturated rings. The van der Waals surface area contributed by atoms with Crippen LogP contribution in [-0.2, 0) is 24.7 Å². The van der Waals surface area contributed by atoms with Gasteiger partial charge in [0.05, 0.1) is 7.11 Å². The first-order valence-corrected chi connectivity index (χ1v) is 10.6. The molecule has 2 aromatic carbocycles. The van der Waals surface area contributed by atoms with E-state index in [1.54, 1.807) is 13.3 Å². The summed E-state index contributed by atoms with van der Waals surface area (Å²) >= 11 is 0. The first kappa shape index (κ1) is 20.8. The number of carbonyl (C=O) groups excluding carboxylic acids is 2. The summed E-state index contributed by atoms with van der Waals surface area (Å²) in [5.41, 5.74) is 4.17. The van der Waals surface area contributed by atoms with E-state index in [1.807, 2.05) is 54.2 Å². The molecule has 1 aromatic heterocycles. The van der Waals surface area contributed by atoms with Crippen LogP contribution in [0.2, 0.25) is 0 Å². The topological polar surface area (TPSA) is 73.2 Å². The fourth-order valence-corrected chi connectivity index (χ4v) is 4.12. The number of imidazole rings is 1. The molecule has 1 atom stereocenters. The Morgan fingerprint density at radius 3 is 2.74 bits per heavy atom. The number of benzene rings is 2. The summed E-state index contributed by atoms with van der Waals surface area (Å²) in [7, 11) is 3.50. The van der Waals surface area contributed by atoms with Gasteiger partial charge in [-0.3, -0.25) is 9.59 Å². The molecule has 1 amide bonds. The molecular weight excluding hydrogens is 390 g/mol. The summed E-state index contributed by atoms with van der Waals surface area (Å²) in [6, 6.07) is 13.1. The molecule has 0 spiro atoms. The third-order valence-electron chi connectivity index (χ3n) is 5.85. The number of ketones is 1. The second kappa shape index (κ2) is 9.16. The highest BCUT2D eigenvalue weighted by molar-refractivity contribution is 5.98. The summed E-state index contributed by atoms with van der Waals surface area (Å²) < 4.78 is 7.21. The maximum atomic E-state index is 12.8. The van der Waals surface area contributed by atoms with Gasteiger partial charge in [-0.1, -0.05) is 24.3 Å². The Morgan fingerprint density at radius 2 is 1.97 bits per heavy atom. The van der Waals surface area contributed by atoms with E-state index in [4.69, 9.17) is 4.74 Å². The SMILES string of the molecule is COc1cccc([C@@H](NC(=O)CCC(=O)c2ccc3c(c2)CCC3)c2nccn2C)c1. The van der Waals surface area contributed by atoms with Crippen molar-refractivity contribution >= 4 is 11.7 Å². The number of rotatable bonds is 8. The Labute approximate surface area is 182 Å². The Kier molecular flexibility index (Phi) is 6.16. The number of nitrogens with one attached hydrogen (secondary N) is 1. The van der Waals surface area contributed by atoms with Crippen molar-refractivity contribution in [2.45, 2.75) is 38.1 Å². The lowest BCUT2D eigenvalue weighted by Gasteiger charge is -2.19. The average Bonchev–Trinajstić information content (AvgIpc) is 3.44. The molecule has 1 aliphatic rings. The van der Waals surface area contributed by atoms with Crippen molar-refractivity contribution in [3.63, 3.8) is 0 Å². The summed E-state index contributed by atoms with van der Waals surface area (Å²) in [6.45, 7) is 0. The van der Waals surface area contributed by atoms with Crippen molar-refractivity contribution in [2.24, 2.45) is 7.05 Å². The van der Waals surface area contributed by atoms with Crippen LogP contribution < -0.4 is 10.1 Å². The molecule has 160 valence electrons. The van der Waals surface area contributed by atoms with E-state index in [0.717, 1.165) is 24.8 Å². The molecule has 31 heavy (non-hydrogen) atoms. The van der Waals surface area contributed by atoms with Gasteiger partial charge in [0.2, 0.25) is 5.91 Å². The van der Waals surface area contributed by atoms with Crippen LogP contribution in [0.1, 0.15) is 58.2 Å². The lowest BCUT2D eigenvalue weighted by atomic mass is 10.0. The van der Waals surface area contributed by atoms with E-state index < -0.39 is 6.04 Å². The molecule has 6 heteroatoms. The minimum atomic E-state index is -0.433. The van der Waals surface area contributed by atoms with Crippen molar-refractivity contribution in [2.75, 3.05) is 7.11 Å². The number of methoxy groups -OCH3 is 1. The first-order chi connectivity index (χ1) is 15.0. The van der Waals surface area contributed by atoms with Crippen molar-refractivity contribution in [3.8, 4) is 5.75 Å². The zero-order valence-electron chi connectivity index (χ0n) is 17.9. The van der Waals surface area contributed by atoms with Crippen LogP contribution in [0, 0.1) is 0 Å². The fourth-order valence-electron chi connectivity index (χ4n) is 4.12. The molecule has 0 saturated carbocycles. The summed E-state index contributed by atoms with van der Waals surface area (Å²) in [6.07, 6.45) is 7.11. The second-order valence-corrected chi connectivity index (χ2v) is 7.93. The zero-order valence-corrected chi connectivity index (χ0v) is 17.9. The molecule has 0 bridgehead atoms. The number of aromatic nitrogens is 2. The molecule has 6 nitrogen and oxygen atoms in total. The Bertz CT molecular complexity index is 1100. The maximum Gasteiger partial charge on any atom is 0.221 e. The minimum absolute atomic E-state index is 0.000211. The number of carbonyl (C=O) groups is 2. The van der Waals surface area contributed by atoms with Gasteiger partial charge >= 0.3 is 0 Å². The van der Waals surface area contributed by atoms with E-state index in [0.29, 0.717) is 17.1 Å². The number of hydrogen-bond acceptors (Lipinski definition) is 4. The molecule has 1 N–H and O–H groups in total. The molecule has 3 aromatic rings. The van der Waals surface area contributed by atoms with Crippen molar-refractivity contribution in [1.82, 2.24) is 14.9 Å². The van der Waals surface area contributed by atoms with Gasteiger partial charge in [0.15, 0.2) is 5.78 Å². The average molecular weight is 418 g/mol. The highest BCUT2D eigenvalue weighted by Gasteiger charge is 2.22. The zero-order chi connectivity index (χ0) is 21.8. The summed E-state index contributed by atoms with van der Waals surface area (Å²) in [5.74, 6) is 1.23. The molecule has 0 saturated heterocycles. The van der Waals surface area contributed by atoms with E-state index >= 15 is 0 Å². The molecule has 0 radical (unpaired) electrons. The quantitative estimate of drug-likeness (QED) is 0.566. The summed E-state index contributed by atoms with van der Waals surface area (Å²) in [4.78, 5) is 29.9. The number of hydrogen-bond donors (Lipinski definition) is 1. The Hall–Kier alpha value is -3.41. The third kappa shape index (κ3) is 4.68. The van der Waals surface area contributed by atoms with Gasteiger partial charge in [-0.15, -0.1) is 0 Å². The van der Waals surface area contributed by atoms with Gasteiger partial charge in [-0.05, 0) is 54.2 Å². The van der Waals surface area contributed by atoms with Crippen LogP contribution >= 0.6 is 0 Å². The van der Waals surface area contributed by atoms with Gasteiger partial charge in [0.1, 0.15) is 17.6 Å². The Balaban J connectivity index is 1.45. The predicted molar refractivity (Wildman–Crippen MR) is 118 cm³/mol. The molecule has 1 heterocycles. The van der Waals surface area contributed by atoms with E-state index in [9.17, 15) is 9.59 Å². The van der Waals surface area contributed by atoms with Crippen LogP contribution in [0.25, 0.3) is 0 Å². The lowest BCUT2D eigenvalue weighted by Crippen LogP contribution is -2.31. The number of aryl methyl sites for hydroxylation is 3. The Morgan fingerprint density at radius 1 is 1.13 bits per heavy atom.